The van der Waals surface area contributed by atoms with E-state index < -0.39 is 6.29 Å². The summed E-state index contributed by atoms with van der Waals surface area (Å²) in [6.45, 7) is 3.36. The minimum absolute atomic E-state index is 0.0210. The second-order valence-corrected chi connectivity index (χ2v) is 7.57. The third-order valence-electron chi connectivity index (χ3n) is 4.48. The van der Waals surface area contributed by atoms with E-state index in [1.807, 2.05) is 13.0 Å². The van der Waals surface area contributed by atoms with Crippen molar-refractivity contribution in [2.45, 2.75) is 32.0 Å². The zero-order chi connectivity index (χ0) is 19.6. The van der Waals surface area contributed by atoms with Gasteiger partial charge in [-0.25, -0.2) is 0 Å². The first-order chi connectivity index (χ1) is 13.1. The van der Waals surface area contributed by atoms with Gasteiger partial charge in [0.2, 0.25) is 6.29 Å². The van der Waals surface area contributed by atoms with Crippen molar-refractivity contribution in [1.82, 2.24) is 5.32 Å². The first-order valence-electron chi connectivity index (χ1n) is 9.24. The topological polar surface area (TPSA) is 77.0 Å². The van der Waals surface area contributed by atoms with E-state index in [0.717, 1.165) is 15.6 Å². The summed E-state index contributed by atoms with van der Waals surface area (Å²) in [5.41, 5.74) is 1.11. The molecule has 0 saturated carbocycles. The molecule has 1 aromatic rings. The van der Waals surface area contributed by atoms with E-state index in [1.54, 1.807) is 7.11 Å². The summed E-state index contributed by atoms with van der Waals surface area (Å²) >= 11 is 2.27. The van der Waals surface area contributed by atoms with Crippen LogP contribution in [0.5, 0.6) is 0 Å². The van der Waals surface area contributed by atoms with Crippen molar-refractivity contribution in [3.8, 4) is 0 Å². The predicted octanol–water partition coefficient (Wildman–Crippen LogP) is 2.80. The van der Waals surface area contributed by atoms with Crippen molar-refractivity contribution in [3.63, 3.8) is 0 Å². The summed E-state index contributed by atoms with van der Waals surface area (Å²) in [6, 6.07) is 8.25. The van der Waals surface area contributed by atoms with Crippen LogP contribution in [-0.4, -0.2) is 50.8 Å². The number of methoxy groups -OCH3 is 1. The van der Waals surface area contributed by atoms with Crippen molar-refractivity contribution in [2.24, 2.45) is 5.92 Å². The van der Waals surface area contributed by atoms with Gasteiger partial charge in [0.15, 0.2) is 5.76 Å². The van der Waals surface area contributed by atoms with Crippen molar-refractivity contribution in [3.05, 3.63) is 45.2 Å². The van der Waals surface area contributed by atoms with Crippen LogP contribution in [0, 0.1) is 9.49 Å². The first-order valence-corrected chi connectivity index (χ1v) is 10.3. The third kappa shape index (κ3) is 6.44. The predicted molar refractivity (Wildman–Crippen MR) is 111 cm³/mol. The highest BCUT2D eigenvalue weighted by Gasteiger charge is 2.37. The molecule has 1 heterocycles. The standard InChI is InChI=1S/C20H28INO5/c1-3-26-20-16(5-4-11-23)17(14-6-8-15(21)9-7-14)13-18(27-20)19(24)22-10-12-25-2/h6-9,13,16-17,20,23H,3-5,10-12H2,1-2H3,(H,22,24)/t16-,17-,20-/m0/s1. The van der Waals surface area contributed by atoms with E-state index in [4.69, 9.17) is 14.2 Å². The summed E-state index contributed by atoms with van der Waals surface area (Å²) in [4.78, 5) is 12.5. The van der Waals surface area contributed by atoms with Crippen molar-refractivity contribution >= 4 is 28.5 Å². The lowest BCUT2D eigenvalue weighted by molar-refractivity contribution is -0.166. The Balaban J connectivity index is 2.31. The fourth-order valence-electron chi connectivity index (χ4n) is 3.18. The van der Waals surface area contributed by atoms with Crippen LogP contribution in [0.15, 0.2) is 36.1 Å². The molecule has 2 rings (SSSR count). The molecule has 1 aliphatic heterocycles. The molecule has 0 fully saturated rings. The number of carbonyl (C=O) groups is 1. The van der Waals surface area contributed by atoms with Gasteiger partial charge < -0.3 is 24.6 Å². The van der Waals surface area contributed by atoms with Crippen LogP contribution in [0.3, 0.4) is 0 Å². The second kappa shape index (κ2) is 11.6. The van der Waals surface area contributed by atoms with E-state index in [1.165, 1.54) is 0 Å². The Morgan fingerprint density at radius 3 is 2.70 bits per heavy atom. The lowest BCUT2D eigenvalue weighted by Gasteiger charge is -2.37. The highest BCUT2D eigenvalue weighted by molar-refractivity contribution is 14.1. The van der Waals surface area contributed by atoms with Crippen LogP contribution >= 0.6 is 22.6 Å². The molecule has 7 heteroatoms. The molecule has 1 aromatic carbocycles. The van der Waals surface area contributed by atoms with Crippen LogP contribution in [0.4, 0.5) is 0 Å². The van der Waals surface area contributed by atoms with E-state index in [0.29, 0.717) is 26.2 Å². The Morgan fingerprint density at radius 2 is 2.07 bits per heavy atom. The minimum Gasteiger partial charge on any atom is -0.459 e. The zero-order valence-corrected chi connectivity index (χ0v) is 18.0. The number of aliphatic hydroxyl groups is 1. The monoisotopic (exact) mass is 489 g/mol. The van der Waals surface area contributed by atoms with Gasteiger partial charge >= 0.3 is 0 Å². The van der Waals surface area contributed by atoms with Gasteiger partial charge in [0.05, 0.1) is 6.61 Å². The fourth-order valence-corrected chi connectivity index (χ4v) is 3.54. The van der Waals surface area contributed by atoms with Gasteiger partial charge in [-0.15, -0.1) is 0 Å². The molecule has 0 spiro atoms. The first kappa shape index (κ1) is 22.1. The number of hydrogen-bond acceptors (Lipinski definition) is 5. The van der Waals surface area contributed by atoms with E-state index in [9.17, 15) is 9.90 Å². The summed E-state index contributed by atoms with van der Waals surface area (Å²) in [5.74, 6) is -0.00376. The number of rotatable bonds is 10. The Hall–Kier alpha value is -1.16. The quantitative estimate of drug-likeness (QED) is 0.391. The van der Waals surface area contributed by atoms with Gasteiger partial charge in [-0.2, -0.15) is 0 Å². The maximum atomic E-state index is 12.5. The Kier molecular flexibility index (Phi) is 9.53. The van der Waals surface area contributed by atoms with Crippen LogP contribution in [0.25, 0.3) is 0 Å². The number of hydrogen-bond donors (Lipinski definition) is 2. The number of aliphatic hydroxyl groups excluding tert-OH is 1. The molecule has 27 heavy (non-hydrogen) atoms. The molecule has 6 nitrogen and oxygen atoms in total. The number of nitrogens with one attached hydrogen (secondary N) is 1. The van der Waals surface area contributed by atoms with Gasteiger partial charge in [0.1, 0.15) is 0 Å². The highest BCUT2D eigenvalue weighted by atomic mass is 127. The highest BCUT2D eigenvalue weighted by Crippen LogP contribution is 2.39. The molecule has 1 aliphatic rings. The third-order valence-corrected chi connectivity index (χ3v) is 5.20. The molecule has 1 amide bonds. The largest absolute Gasteiger partial charge is 0.459 e. The van der Waals surface area contributed by atoms with E-state index in [2.05, 4.69) is 52.2 Å². The van der Waals surface area contributed by atoms with Crippen LogP contribution in [0.1, 0.15) is 31.2 Å². The molecular weight excluding hydrogens is 461 g/mol. The number of halogens is 1. The van der Waals surface area contributed by atoms with Gasteiger partial charge in [0.25, 0.3) is 5.91 Å². The summed E-state index contributed by atoms with van der Waals surface area (Å²) in [7, 11) is 1.59. The molecule has 3 atom stereocenters. The van der Waals surface area contributed by atoms with E-state index >= 15 is 0 Å². The van der Waals surface area contributed by atoms with Crippen LogP contribution in [-0.2, 0) is 19.0 Å². The molecule has 0 unspecified atom stereocenters. The average Bonchev–Trinajstić information content (AvgIpc) is 2.67. The molecule has 0 aromatic heterocycles. The number of allylic oxidation sites excluding steroid dienone is 1. The number of ether oxygens (including phenoxy) is 3. The SMILES string of the molecule is CCO[C@H]1OC(C(=O)NCCOC)=C[C@@H](c2ccc(I)cc2)[C@@H]1CCCO. The fraction of sp³-hybridized carbons (Fsp3) is 0.550. The molecule has 0 aliphatic carbocycles. The summed E-state index contributed by atoms with van der Waals surface area (Å²) < 4.78 is 17.9. The lowest BCUT2D eigenvalue weighted by atomic mass is 9.80. The Labute approximate surface area is 174 Å². The van der Waals surface area contributed by atoms with E-state index in [-0.39, 0.29) is 30.1 Å². The van der Waals surface area contributed by atoms with Gasteiger partial charge in [0, 0.05) is 42.3 Å². The summed E-state index contributed by atoms with van der Waals surface area (Å²) in [6.07, 6.45) is 2.75. The molecular formula is C20H28INO5. The van der Waals surface area contributed by atoms with Crippen molar-refractivity contribution in [2.75, 3.05) is 33.5 Å². The normalized spacial score (nSPS) is 22.1. The smallest absolute Gasteiger partial charge is 0.286 e. The maximum Gasteiger partial charge on any atom is 0.286 e. The average molecular weight is 489 g/mol. The zero-order valence-electron chi connectivity index (χ0n) is 15.8. The molecule has 0 saturated heterocycles. The number of carbonyl (C=O) groups excluding carboxylic acids is 1. The second-order valence-electron chi connectivity index (χ2n) is 6.33. The molecule has 0 radical (unpaired) electrons. The Bertz CT molecular complexity index is 619. The molecule has 0 bridgehead atoms. The van der Waals surface area contributed by atoms with Gasteiger partial charge in [-0.3, -0.25) is 4.79 Å². The van der Waals surface area contributed by atoms with Crippen LogP contribution < -0.4 is 5.32 Å². The Morgan fingerprint density at radius 1 is 1.33 bits per heavy atom. The van der Waals surface area contributed by atoms with Gasteiger partial charge in [-0.1, -0.05) is 12.1 Å². The maximum absolute atomic E-state index is 12.5. The van der Waals surface area contributed by atoms with Crippen LogP contribution in [0.2, 0.25) is 0 Å². The lowest BCUT2D eigenvalue weighted by Crippen LogP contribution is -2.39. The van der Waals surface area contributed by atoms with Crippen molar-refractivity contribution < 1.29 is 24.1 Å². The van der Waals surface area contributed by atoms with Crippen molar-refractivity contribution in [1.29, 1.82) is 0 Å². The molecule has 2 N–H and O–H groups in total. The number of benzene rings is 1. The summed E-state index contributed by atoms with van der Waals surface area (Å²) in [5, 5.41) is 12.1. The minimum atomic E-state index is -0.529. The van der Waals surface area contributed by atoms with Gasteiger partial charge in [-0.05, 0) is 66.1 Å². The molecule has 150 valence electrons. The number of amides is 1.